The summed E-state index contributed by atoms with van der Waals surface area (Å²) < 4.78 is 6.45. The van der Waals surface area contributed by atoms with Crippen LogP contribution in [0.3, 0.4) is 0 Å². The van der Waals surface area contributed by atoms with Crippen LogP contribution in [0, 0.1) is 0 Å². The van der Waals surface area contributed by atoms with E-state index < -0.39 is 0 Å². The highest BCUT2D eigenvalue weighted by Gasteiger charge is 2.12. The van der Waals surface area contributed by atoms with Crippen molar-refractivity contribution in [2.24, 2.45) is 0 Å². The lowest BCUT2D eigenvalue weighted by atomic mass is 10.1. The third kappa shape index (κ3) is 4.90. The molecule has 0 radical (unpaired) electrons. The standard InChI is InChI=1S/C23H16BrClN2O2S/c24-18-12-16(15-6-2-1-3-7-15)10-11-21(18)29-13-22(28)27-23-26-20(14-30-23)17-8-4-5-9-19(17)25/h1-12,14H,13H2,(H,26,27,28). The van der Waals surface area contributed by atoms with Crippen molar-refractivity contribution < 1.29 is 9.53 Å². The molecule has 150 valence electrons. The molecular weight excluding hydrogens is 484 g/mol. The van der Waals surface area contributed by atoms with Crippen molar-refractivity contribution in [2.45, 2.75) is 0 Å². The summed E-state index contributed by atoms with van der Waals surface area (Å²) in [5, 5.41) is 5.74. The van der Waals surface area contributed by atoms with Crippen LogP contribution in [0.1, 0.15) is 0 Å². The van der Waals surface area contributed by atoms with E-state index in [-0.39, 0.29) is 12.5 Å². The smallest absolute Gasteiger partial charge is 0.264 e. The summed E-state index contributed by atoms with van der Waals surface area (Å²) >= 11 is 11.1. The third-order valence-electron chi connectivity index (χ3n) is 4.30. The lowest BCUT2D eigenvalue weighted by Crippen LogP contribution is -2.20. The molecule has 0 bridgehead atoms. The summed E-state index contributed by atoms with van der Waals surface area (Å²) in [5.74, 6) is 0.315. The molecule has 1 N–H and O–H groups in total. The highest BCUT2D eigenvalue weighted by molar-refractivity contribution is 9.10. The number of anilines is 1. The summed E-state index contributed by atoms with van der Waals surface area (Å²) in [6, 6.07) is 23.3. The van der Waals surface area contributed by atoms with Crippen LogP contribution in [0.25, 0.3) is 22.4 Å². The number of hydrogen-bond acceptors (Lipinski definition) is 4. The minimum Gasteiger partial charge on any atom is -0.483 e. The van der Waals surface area contributed by atoms with Crippen LogP contribution in [-0.4, -0.2) is 17.5 Å². The molecule has 0 spiro atoms. The second-order valence-corrected chi connectivity index (χ2v) is 8.49. The van der Waals surface area contributed by atoms with Crippen LogP contribution in [-0.2, 0) is 4.79 Å². The van der Waals surface area contributed by atoms with Crippen molar-refractivity contribution >= 4 is 49.9 Å². The van der Waals surface area contributed by atoms with Gasteiger partial charge in [-0.15, -0.1) is 11.3 Å². The molecule has 0 atom stereocenters. The lowest BCUT2D eigenvalue weighted by molar-refractivity contribution is -0.118. The summed E-state index contributed by atoms with van der Waals surface area (Å²) in [6.07, 6.45) is 0. The van der Waals surface area contributed by atoms with Crippen LogP contribution in [0.5, 0.6) is 5.75 Å². The molecule has 0 saturated heterocycles. The van der Waals surface area contributed by atoms with Crippen molar-refractivity contribution in [3.05, 3.63) is 87.7 Å². The molecule has 0 aliphatic rings. The molecule has 7 heteroatoms. The maximum absolute atomic E-state index is 12.3. The number of halogens is 2. The summed E-state index contributed by atoms with van der Waals surface area (Å²) in [4.78, 5) is 16.7. The first-order chi connectivity index (χ1) is 14.6. The maximum Gasteiger partial charge on any atom is 0.264 e. The van der Waals surface area contributed by atoms with Gasteiger partial charge in [0.25, 0.3) is 5.91 Å². The highest BCUT2D eigenvalue weighted by Crippen LogP contribution is 2.32. The Morgan fingerprint density at radius 3 is 2.57 bits per heavy atom. The predicted molar refractivity (Wildman–Crippen MR) is 126 cm³/mol. The number of hydrogen-bond donors (Lipinski definition) is 1. The van der Waals surface area contributed by atoms with Crippen LogP contribution in [0.2, 0.25) is 5.02 Å². The number of thiazole rings is 1. The lowest BCUT2D eigenvalue weighted by Gasteiger charge is -2.10. The van der Waals surface area contributed by atoms with E-state index in [1.54, 1.807) is 0 Å². The molecular formula is C23H16BrClN2O2S. The predicted octanol–water partition coefficient (Wildman–Crippen LogP) is 6.91. The summed E-state index contributed by atoms with van der Waals surface area (Å²) in [6.45, 7) is -0.121. The van der Waals surface area contributed by atoms with Crippen molar-refractivity contribution in [1.29, 1.82) is 0 Å². The second kappa shape index (κ2) is 9.43. The van der Waals surface area contributed by atoms with Crippen LogP contribution in [0.4, 0.5) is 5.13 Å². The SMILES string of the molecule is O=C(COc1ccc(-c2ccccc2)cc1Br)Nc1nc(-c2ccccc2Cl)cs1. The Morgan fingerprint density at radius 2 is 1.80 bits per heavy atom. The quantitative estimate of drug-likeness (QED) is 0.313. The van der Waals surface area contributed by atoms with E-state index >= 15 is 0 Å². The number of carbonyl (C=O) groups excluding carboxylic acids is 1. The molecule has 0 fully saturated rings. The Morgan fingerprint density at radius 1 is 1.03 bits per heavy atom. The third-order valence-corrected chi connectivity index (χ3v) is 6.01. The fourth-order valence-electron chi connectivity index (χ4n) is 2.85. The van der Waals surface area contributed by atoms with Crippen LogP contribution >= 0.6 is 38.9 Å². The molecule has 0 unspecified atom stereocenters. The molecule has 4 nitrogen and oxygen atoms in total. The van der Waals surface area contributed by atoms with E-state index in [9.17, 15) is 4.79 Å². The second-order valence-electron chi connectivity index (χ2n) is 6.37. The van der Waals surface area contributed by atoms with E-state index in [1.807, 2.05) is 78.2 Å². The van der Waals surface area contributed by atoms with Gasteiger partial charge in [0.15, 0.2) is 11.7 Å². The number of nitrogens with one attached hydrogen (secondary N) is 1. The molecule has 1 amide bonds. The molecule has 1 heterocycles. The molecule has 4 rings (SSSR count). The Hall–Kier alpha value is -2.67. The zero-order valence-corrected chi connectivity index (χ0v) is 18.8. The van der Waals surface area contributed by atoms with Gasteiger partial charge in [-0.05, 0) is 45.3 Å². The minimum absolute atomic E-state index is 0.121. The highest BCUT2D eigenvalue weighted by atomic mass is 79.9. The first-order valence-electron chi connectivity index (χ1n) is 9.08. The van der Waals surface area contributed by atoms with Gasteiger partial charge in [0.1, 0.15) is 5.75 Å². The first-order valence-corrected chi connectivity index (χ1v) is 11.1. The van der Waals surface area contributed by atoms with Gasteiger partial charge in [-0.2, -0.15) is 0 Å². The number of rotatable bonds is 6. The fourth-order valence-corrected chi connectivity index (χ4v) is 4.30. The van der Waals surface area contributed by atoms with Gasteiger partial charge in [-0.25, -0.2) is 4.98 Å². The average Bonchev–Trinajstić information content (AvgIpc) is 3.22. The normalized spacial score (nSPS) is 10.6. The molecule has 1 aromatic heterocycles. The van der Waals surface area contributed by atoms with Gasteiger partial charge in [0.05, 0.1) is 10.2 Å². The molecule has 0 aliphatic carbocycles. The van der Waals surface area contributed by atoms with Gasteiger partial charge in [0, 0.05) is 16.0 Å². The topological polar surface area (TPSA) is 51.2 Å². The van der Waals surface area contributed by atoms with Gasteiger partial charge in [-0.3, -0.25) is 10.1 Å². The minimum atomic E-state index is -0.283. The Bertz CT molecular complexity index is 1180. The number of carbonyl (C=O) groups is 1. The van der Waals surface area contributed by atoms with Crippen molar-refractivity contribution in [3.8, 4) is 28.1 Å². The van der Waals surface area contributed by atoms with Crippen molar-refractivity contribution in [3.63, 3.8) is 0 Å². The van der Waals surface area contributed by atoms with Gasteiger partial charge in [-0.1, -0.05) is 66.2 Å². The molecule has 30 heavy (non-hydrogen) atoms. The van der Waals surface area contributed by atoms with E-state index in [4.69, 9.17) is 16.3 Å². The van der Waals surface area contributed by atoms with E-state index in [1.165, 1.54) is 11.3 Å². The Kier molecular flexibility index (Phi) is 6.47. The monoisotopic (exact) mass is 498 g/mol. The van der Waals surface area contributed by atoms with Gasteiger partial charge in [0.2, 0.25) is 0 Å². The Balaban J connectivity index is 1.37. The van der Waals surface area contributed by atoms with E-state index in [0.29, 0.717) is 15.9 Å². The van der Waals surface area contributed by atoms with Gasteiger partial charge < -0.3 is 4.74 Å². The van der Waals surface area contributed by atoms with Crippen molar-refractivity contribution in [1.82, 2.24) is 4.98 Å². The Labute approximate surface area is 191 Å². The number of nitrogens with zero attached hydrogens (tertiary/aromatic N) is 1. The van der Waals surface area contributed by atoms with Crippen LogP contribution in [0.15, 0.2) is 82.6 Å². The summed E-state index contributed by atoms with van der Waals surface area (Å²) in [7, 11) is 0. The maximum atomic E-state index is 12.3. The van der Waals surface area contributed by atoms with E-state index in [2.05, 4.69) is 26.2 Å². The summed E-state index contributed by atoms with van der Waals surface area (Å²) in [5.41, 5.74) is 3.73. The largest absolute Gasteiger partial charge is 0.483 e. The molecule has 3 aromatic carbocycles. The van der Waals surface area contributed by atoms with Crippen molar-refractivity contribution in [2.75, 3.05) is 11.9 Å². The molecule has 0 aliphatic heterocycles. The molecule has 4 aromatic rings. The number of amides is 1. The van der Waals surface area contributed by atoms with Gasteiger partial charge >= 0.3 is 0 Å². The van der Waals surface area contributed by atoms with E-state index in [0.717, 1.165) is 26.9 Å². The average molecular weight is 500 g/mol. The first kappa shape index (κ1) is 20.6. The number of ether oxygens (including phenoxy) is 1. The zero-order valence-electron chi connectivity index (χ0n) is 15.6. The number of aromatic nitrogens is 1. The van der Waals surface area contributed by atoms with Crippen LogP contribution < -0.4 is 10.1 Å². The fraction of sp³-hybridized carbons (Fsp3) is 0.0435. The number of benzene rings is 3. The molecule has 0 saturated carbocycles. The zero-order chi connectivity index (χ0) is 20.9.